The number of hydrogen-bond acceptors (Lipinski definition) is 5. The van der Waals surface area contributed by atoms with Crippen molar-refractivity contribution in [2.75, 3.05) is 12.4 Å². The third-order valence-electron chi connectivity index (χ3n) is 2.75. The minimum atomic E-state index is 0.498. The molecule has 0 spiro atoms. The van der Waals surface area contributed by atoms with Crippen LogP contribution < -0.4 is 4.74 Å². The highest BCUT2D eigenvalue weighted by Crippen LogP contribution is 2.28. The van der Waals surface area contributed by atoms with Crippen LogP contribution in [0.5, 0.6) is 5.75 Å². The summed E-state index contributed by atoms with van der Waals surface area (Å²) in [6, 6.07) is 7.54. The molecule has 1 aromatic carbocycles. The molecule has 0 aliphatic carbocycles. The predicted octanol–water partition coefficient (Wildman–Crippen LogP) is 4.55. The first kappa shape index (κ1) is 17.1. The van der Waals surface area contributed by atoms with Crippen molar-refractivity contribution in [3.05, 3.63) is 44.8 Å². The summed E-state index contributed by atoms with van der Waals surface area (Å²) in [6.45, 7) is 4.13. The molecule has 22 heavy (non-hydrogen) atoms. The van der Waals surface area contributed by atoms with E-state index in [1.807, 2.05) is 19.9 Å². The van der Waals surface area contributed by atoms with Gasteiger partial charge in [0, 0.05) is 10.8 Å². The standard InChI is InChI=1S/C15H13BrClN3OS/c1-9-12(8-18)15(20-10(2)19-9)22-6-5-21-14-4-3-11(17)7-13(14)16/h3-4,7H,5-6H2,1-2H3. The number of halogens is 2. The van der Waals surface area contributed by atoms with E-state index < -0.39 is 0 Å². The van der Waals surface area contributed by atoms with Crippen LogP contribution in [0.3, 0.4) is 0 Å². The third kappa shape index (κ3) is 4.35. The van der Waals surface area contributed by atoms with Gasteiger partial charge in [0.2, 0.25) is 0 Å². The SMILES string of the molecule is Cc1nc(C)c(C#N)c(SCCOc2ccc(Cl)cc2Br)n1. The van der Waals surface area contributed by atoms with Gasteiger partial charge in [-0.3, -0.25) is 0 Å². The van der Waals surface area contributed by atoms with E-state index in [4.69, 9.17) is 16.3 Å². The first-order valence-corrected chi connectivity index (χ1v) is 8.63. The molecule has 0 atom stereocenters. The first-order chi connectivity index (χ1) is 10.5. The fourth-order valence-corrected chi connectivity index (χ4v) is 3.49. The maximum Gasteiger partial charge on any atom is 0.133 e. The average molecular weight is 399 g/mol. The van der Waals surface area contributed by atoms with Crippen molar-refractivity contribution in [2.24, 2.45) is 0 Å². The van der Waals surface area contributed by atoms with E-state index in [9.17, 15) is 5.26 Å². The molecule has 1 heterocycles. The molecule has 1 aromatic heterocycles. The number of aromatic nitrogens is 2. The normalized spacial score (nSPS) is 10.3. The Labute approximate surface area is 147 Å². The van der Waals surface area contributed by atoms with Gasteiger partial charge in [-0.15, -0.1) is 11.8 Å². The highest BCUT2D eigenvalue weighted by molar-refractivity contribution is 9.10. The van der Waals surface area contributed by atoms with Gasteiger partial charge in [-0.05, 0) is 48.0 Å². The summed E-state index contributed by atoms with van der Waals surface area (Å²) in [7, 11) is 0. The topological polar surface area (TPSA) is 58.8 Å². The lowest BCUT2D eigenvalue weighted by Gasteiger charge is -2.09. The molecule has 0 bridgehead atoms. The minimum Gasteiger partial charge on any atom is -0.492 e. The van der Waals surface area contributed by atoms with Crippen molar-refractivity contribution in [3.63, 3.8) is 0 Å². The molecule has 0 fully saturated rings. The van der Waals surface area contributed by atoms with E-state index in [1.165, 1.54) is 11.8 Å². The summed E-state index contributed by atoms with van der Waals surface area (Å²) >= 11 is 10.8. The third-order valence-corrected chi connectivity index (χ3v) is 4.55. The highest BCUT2D eigenvalue weighted by atomic mass is 79.9. The maximum absolute atomic E-state index is 9.19. The van der Waals surface area contributed by atoms with Crippen LogP contribution in [-0.4, -0.2) is 22.3 Å². The largest absolute Gasteiger partial charge is 0.492 e. The fraction of sp³-hybridized carbons (Fsp3) is 0.267. The zero-order valence-corrected chi connectivity index (χ0v) is 15.2. The molecule has 7 heteroatoms. The van der Waals surface area contributed by atoms with Crippen LogP contribution in [0.25, 0.3) is 0 Å². The van der Waals surface area contributed by atoms with Crippen LogP contribution in [-0.2, 0) is 0 Å². The van der Waals surface area contributed by atoms with Crippen molar-refractivity contribution in [1.29, 1.82) is 5.26 Å². The second-order valence-electron chi connectivity index (χ2n) is 4.42. The Balaban J connectivity index is 1.96. The van der Waals surface area contributed by atoms with Crippen LogP contribution >= 0.6 is 39.3 Å². The summed E-state index contributed by atoms with van der Waals surface area (Å²) in [5.74, 6) is 2.08. The molecular formula is C15H13BrClN3OS. The summed E-state index contributed by atoms with van der Waals surface area (Å²) < 4.78 is 6.51. The zero-order valence-electron chi connectivity index (χ0n) is 12.1. The molecule has 0 amide bonds. The van der Waals surface area contributed by atoms with E-state index in [2.05, 4.69) is 32.0 Å². The molecule has 2 aromatic rings. The zero-order chi connectivity index (χ0) is 16.1. The summed E-state index contributed by atoms with van der Waals surface area (Å²) in [5, 5.41) is 10.5. The Kier molecular flexibility index (Phi) is 6.07. The quantitative estimate of drug-likeness (QED) is 0.420. The van der Waals surface area contributed by atoms with Gasteiger partial charge in [0.1, 0.15) is 28.2 Å². The lowest BCUT2D eigenvalue weighted by atomic mass is 10.3. The highest BCUT2D eigenvalue weighted by Gasteiger charge is 2.10. The molecule has 0 aliphatic rings. The molecule has 114 valence electrons. The molecule has 0 N–H and O–H groups in total. The Morgan fingerprint density at radius 1 is 1.36 bits per heavy atom. The number of nitriles is 1. The van der Waals surface area contributed by atoms with E-state index in [-0.39, 0.29) is 0 Å². The lowest BCUT2D eigenvalue weighted by Crippen LogP contribution is -2.03. The summed E-state index contributed by atoms with van der Waals surface area (Å²) in [5.41, 5.74) is 1.24. The number of ether oxygens (including phenoxy) is 1. The minimum absolute atomic E-state index is 0.498. The van der Waals surface area contributed by atoms with Gasteiger partial charge >= 0.3 is 0 Å². The second kappa shape index (κ2) is 7.82. The van der Waals surface area contributed by atoms with E-state index in [1.54, 1.807) is 12.1 Å². The van der Waals surface area contributed by atoms with Crippen molar-refractivity contribution < 1.29 is 4.74 Å². The number of aryl methyl sites for hydroxylation is 2. The number of benzene rings is 1. The molecule has 0 saturated carbocycles. The predicted molar refractivity (Wildman–Crippen MR) is 91.6 cm³/mol. The smallest absolute Gasteiger partial charge is 0.133 e. The van der Waals surface area contributed by atoms with Gasteiger partial charge in [0.25, 0.3) is 0 Å². The van der Waals surface area contributed by atoms with E-state index in [0.717, 1.165) is 10.2 Å². The monoisotopic (exact) mass is 397 g/mol. The molecule has 0 unspecified atom stereocenters. The van der Waals surface area contributed by atoms with Crippen LogP contribution in [0.15, 0.2) is 27.7 Å². The maximum atomic E-state index is 9.19. The van der Waals surface area contributed by atoms with Crippen molar-refractivity contribution in [2.45, 2.75) is 18.9 Å². The van der Waals surface area contributed by atoms with Crippen LogP contribution in [0.4, 0.5) is 0 Å². The van der Waals surface area contributed by atoms with Gasteiger partial charge in [-0.1, -0.05) is 11.6 Å². The summed E-state index contributed by atoms with van der Waals surface area (Å²) in [6.07, 6.45) is 0. The Morgan fingerprint density at radius 2 is 2.14 bits per heavy atom. The van der Waals surface area contributed by atoms with E-state index >= 15 is 0 Å². The van der Waals surface area contributed by atoms with Gasteiger partial charge in [0.05, 0.1) is 16.8 Å². The fourth-order valence-electron chi connectivity index (χ4n) is 1.80. The average Bonchev–Trinajstić information content (AvgIpc) is 2.45. The first-order valence-electron chi connectivity index (χ1n) is 6.47. The van der Waals surface area contributed by atoms with Crippen molar-refractivity contribution in [3.8, 4) is 11.8 Å². The molecule has 0 saturated heterocycles. The Bertz CT molecular complexity index is 733. The van der Waals surface area contributed by atoms with Gasteiger partial charge in [-0.25, -0.2) is 9.97 Å². The van der Waals surface area contributed by atoms with Crippen LogP contribution in [0.1, 0.15) is 17.1 Å². The van der Waals surface area contributed by atoms with Gasteiger partial charge in [0.15, 0.2) is 0 Å². The lowest BCUT2D eigenvalue weighted by molar-refractivity contribution is 0.342. The second-order valence-corrected chi connectivity index (χ2v) is 6.79. The van der Waals surface area contributed by atoms with Gasteiger partial charge < -0.3 is 4.74 Å². The van der Waals surface area contributed by atoms with E-state index in [0.29, 0.717) is 39.5 Å². The van der Waals surface area contributed by atoms with Gasteiger partial charge in [-0.2, -0.15) is 5.26 Å². The Hall–Kier alpha value is -1.29. The Morgan fingerprint density at radius 3 is 2.82 bits per heavy atom. The number of thioether (sulfide) groups is 1. The number of rotatable bonds is 5. The van der Waals surface area contributed by atoms with Crippen molar-refractivity contribution >= 4 is 39.3 Å². The number of hydrogen-bond donors (Lipinski definition) is 0. The number of nitrogens with zero attached hydrogens (tertiary/aromatic N) is 3. The molecular weight excluding hydrogens is 386 g/mol. The summed E-state index contributed by atoms with van der Waals surface area (Å²) in [4.78, 5) is 8.53. The molecule has 2 rings (SSSR count). The van der Waals surface area contributed by atoms with Crippen LogP contribution in [0, 0.1) is 25.2 Å². The molecule has 0 aliphatic heterocycles. The van der Waals surface area contributed by atoms with Crippen molar-refractivity contribution in [1.82, 2.24) is 9.97 Å². The molecule has 4 nitrogen and oxygen atoms in total. The molecule has 0 radical (unpaired) electrons. The van der Waals surface area contributed by atoms with Crippen LogP contribution in [0.2, 0.25) is 5.02 Å².